The number of aromatic nitrogens is 6. The Labute approximate surface area is 137 Å². The standard InChI is InChI=1S/C17H14N6O/c1-11-20-8-12-6-14(15-2-3-21-23-15)17(7-16(12)22-11)24-10-13-9-18-4-5-19-13/h2-9H,10H2,1H3,(H,21,23). The molecule has 0 bridgehead atoms. The molecule has 3 aromatic heterocycles. The zero-order valence-electron chi connectivity index (χ0n) is 13.0. The van der Waals surface area contributed by atoms with Crippen molar-refractivity contribution in [3.63, 3.8) is 0 Å². The molecule has 7 nitrogen and oxygen atoms in total. The lowest BCUT2D eigenvalue weighted by Gasteiger charge is -2.12. The van der Waals surface area contributed by atoms with E-state index in [1.54, 1.807) is 24.8 Å². The molecule has 4 rings (SSSR count). The predicted molar refractivity (Wildman–Crippen MR) is 88.2 cm³/mol. The number of H-pyrrole nitrogens is 1. The summed E-state index contributed by atoms with van der Waals surface area (Å²) >= 11 is 0. The van der Waals surface area contributed by atoms with Crippen molar-refractivity contribution in [2.45, 2.75) is 13.5 Å². The summed E-state index contributed by atoms with van der Waals surface area (Å²) in [6.07, 6.45) is 8.48. The molecule has 7 heteroatoms. The molecule has 0 atom stereocenters. The fraction of sp³-hybridized carbons (Fsp3) is 0.118. The molecular weight excluding hydrogens is 304 g/mol. The van der Waals surface area contributed by atoms with Crippen LogP contribution in [0.2, 0.25) is 0 Å². The van der Waals surface area contributed by atoms with E-state index in [1.807, 2.05) is 31.3 Å². The Morgan fingerprint density at radius 3 is 2.83 bits per heavy atom. The Morgan fingerprint density at radius 1 is 1.08 bits per heavy atom. The third-order valence-corrected chi connectivity index (χ3v) is 3.58. The molecule has 1 aromatic carbocycles. The van der Waals surface area contributed by atoms with Crippen molar-refractivity contribution in [1.29, 1.82) is 0 Å². The third kappa shape index (κ3) is 2.79. The first kappa shape index (κ1) is 14.3. The molecule has 0 saturated carbocycles. The van der Waals surface area contributed by atoms with Crippen LogP contribution in [0.4, 0.5) is 0 Å². The zero-order valence-corrected chi connectivity index (χ0v) is 13.0. The second-order valence-electron chi connectivity index (χ2n) is 5.28. The summed E-state index contributed by atoms with van der Waals surface area (Å²) in [4.78, 5) is 17.0. The molecule has 0 amide bonds. The minimum absolute atomic E-state index is 0.324. The lowest BCUT2D eigenvalue weighted by atomic mass is 10.1. The van der Waals surface area contributed by atoms with E-state index in [0.717, 1.165) is 33.7 Å². The second kappa shape index (κ2) is 6.04. The fourth-order valence-electron chi connectivity index (χ4n) is 2.44. The molecule has 24 heavy (non-hydrogen) atoms. The Bertz CT molecular complexity index is 969. The van der Waals surface area contributed by atoms with Gasteiger partial charge >= 0.3 is 0 Å². The van der Waals surface area contributed by atoms with E-state index in [9.17, 15) is 0 Å². The van der Waals surface area contributed by atoms with Crippen LogP contribution in [-0.2, 0) is 6.61 Å². The van der Waals surface area contributed by atoms with Crippen LogP contribution < -0.4 is 4.74 Å². The highest BCUT2D eigenvalue weighted by atomic mass is 16.5. The van der Waals surface area contributed by atoms with Gasteiger partial charge in [0.1, 0.15) is 18.2 Å². The number of benzene rings is 1. The van der Waals surface area contributed by atoms with Crippen molar-refractivity contribution in [3.8, 4) is 17.0 Å². The molecule has 0 aliphatic heterocycles. The fourth-order valence-corrected chi connectivity index (χ4v) is 2.44. The number of hydrogen-bond acceptors (Lipinski definition) is 6. The van der Waals surface area contributed by atoms with E-state index < -0.39 is 0 Å². The van der Waals surface area contributed by atoms with Gasteiger partial charge in [-0.25, -0.2) is 9.97 Å². The van der Waals surface area contributed by atoms with Gasteiger partial charge in [-0.3, -0.25) is 15.1 Å². The van der Waals surface area contributed by atoms with E-state index in [1.165, 1.54) is 0 Å². The first-order chi connectivity index (χ1) is 11.8. The van der Waals surface area contributed by atoms with Gasteiger partial charge in [0.2, 0.25) is 0 Å². The maximum absolute atomic E-state index is 5.98. The molecule has 0 saturated heterocycles. The molecule has 1 N–H and O–H groups in total. The highest BCUT2D eigenvalue weighted by Gasteiger charge is 2.12. The largest absolute Gasteiger partial charge is 0.486 e. The maximum Gasteiger partial charge on any atom is 0.132 e. The van der Waals surface area contributed by atoms with Crippen LogP contribution in [0.15, 0.2) is 49.2 Å². The lowest BCUT2D eigenvalue weighted by Crippen LogP contribution is -2.00. The predicted octanol–water partition coefficient (Wildman–Crippen LogP) is 2.70. The third-order valence-electron chi connectivity index (χ3n) is 3.58. The minimum Gasteiger partial charge on any atom is -0.486 e. The SMILES string of the molecule is Cc1ncc2cc(-c3ccn[nH]3)c(OCc3cnccn3)cc2n1. The van der Waals surface area contributed by atoms with Gasteiger partial charge in [0.15, 0.2) is 0 Å². The van der Waals surface area contributed by atoms with Gasteiger partial charge in [0.25, 0.3) is 0 Å². The number of fused-ring (bicyclic) bond motifs is 1. The molecule has 4 aromatic rings. The average Bonchev–Trinajstić information content (AvgIpc) is 3.14. The summed E-state index contributed by atoms with van der Waals surface area (Å²) in [5, 5.41) is 7.93. The number of nitrogens with zero attached hydrogens (tertiary/aromatic N) is 5. The number of nitrogens with one attached hydrogen (secondary N) is 1. The molecule has 0 spiro atoms. The minimum atomic E-state index is 0.324. The number of aryl methyl sites for hydroxylation is 1. The van der Waals surface area contributed by atoms with Crippen molar-refractivity contribution >= 4 is 10.9 Å². The molecule has 3 heterocycles. The molecule has 118 valence electrons. The summed E-state index contributed by atoms with van der Waals surface area (Å²) in [6.45, 7) is 2.19. The Morgan fingerprint density at radius 2 is 2.04 bits per heavy atom. The number of rotatable bonds is 4. The van der Waals surface area contributed by atoms with Gasteiger partial charge in [-0.15, -0.1) is 0 Å². The molecule has 0 aliphatic carbocycles. The van der Waals surface area contributed by atoms with Gasteiger partial charge in [0.05, 0.1) is 23.1 Å². The van der Waals surface area contributed by atoms with E-state index in [4.69, 9.17) is 4.74 Å². The summed E-state index contributed by atoms with van der Waals surface area (Å²) in [5.41, 5.74) is 3.36. The van der Waals surface area contributed by atoms with Crippen LogP contribution >= 0.6 is 0 Å². The quantitative estimate of drug-likeness (QED) is 0.622. The normalized spacial score (nSPS) is 10.9. The summed E-state index contributed by atoms with van der Waals surface area (Å²) < 4.78 is 5.98. The average molecular weight is 318 g/mol. The molecule has 0 aliphatic rings. The van der Waals surface area contributed by atoms with E-state index in [0.29, 0.717) is 12.4 Å². The molecule has 0 radical (unpaired) electrons. The monoisotopic (exact) mass is 318 g/mol. The summed E-state index contributed by atoms with van der Waals surface area (Å²) in [5.74, 6) is 1.42. The first-order valence-electron chi connectivity index (χ1n) is 7.44. The van der Waals surface area contributed by atoms with Gasteiger partial charge in [-0.1, -0.05) is 0 Å². The Balaban J connectivity index is 1.77. The van der Waals surface area contributed by atoms with Crippen molar-refractivity contribution in [2.24, 2.45) is 0 Å². The molecular formula is C17H14N6O. The molecule has 0 unspecified atom stereocenters. The van der Waals surface area contributed by atoms with Crippen LogP contribution in [0.3, 0.4) is 0 Å². The van der Waals surface area contributed by atoms with Crippen LogP contribution in [0.1, 0.15) is 11.5 Å². The van der Waals surface area contributed by atoms with E-state index >= 15 is 0 Å². The van der Waals surface area contributed by atoms with Crippen molar-refractivity contribution in [1.82, 2.24) is 30.1 Å². The van der Waals surface area contributed by atoms with Gasteiger partial charge < -0.3 is 4.74 Å². The highest BCUT2D eigenvalue weighted by Crippen LogP contribution is 2.32. The number of hydrogen-bond donors (Lipinski definition) is 1. The van der Waals surface area contributed by atoms with Crippen LogP contribution in [-0.4, -0.2) is 30.1 Å². The number of aromatic amines is 1. The molecule has 0 fully saturated rings. The Kier molecular flexibility index (Phi) is 3.59. The lowest BCUT2D eigenvalue weighted by molar-refractivity contribution is 0.302. The van der Waals surface area contributed by atoms with Crippen LogP contribution in [0.25, 0.3) is 22.2 Å². The Hall–Kier alpha value is -3.35. The first-order valence-corrected chi connectivity index (χ1v) is 7.44. The van der Waals surface area contributed by atoms with Crippen molar-refractivity contribution in [2.75, 3.05) is 0 Å². The summed E-state index contributed by atoms with van der Waals surface area (Å²) in [7, 11) is 0. The van der Waals surface area contributed by atoms with Crippen molar-refractivity contribution in [3.05, 3.63) is 60.7 Å². The highest BCUT2D eigenvalue weighted by molar-refractivity contribution is 5.87. The maximum atomic E-state index is 5.98. The number of ether oxygens (including phenoxy) is 1. The van der Waals surface area contributed by atoms with E-state index in [2.05, 4.69) is 30.1 Å². The van der Waals surface area contributed by atoms with Crippen molar-refractivity contribution < 1.29 is 4.74 Å². The second-order valence-corrected chi connectivity index (χ2v) is 5.28. The zero-order chi connectivity index (χ0) is 16.4. The topological polar surface area (TPSA) is 89.5 Å². The summed E-state index contributed by atoms with van der Waals surface area (Å²) in [6, 6.07) is 5.80. The smallest absolute Gasteiger partial charge is 0.132 e. The van der Waals surface area contributed by atoms with Gasteiger partial charge in [0, 0.05) is 41.8 Å². The van der Waals surface area contributed by atoms with Gasteiger partial charge in [-0.2, -0.15) is 5.10 Å². The van der Waals surface area contributed by atoms with E-state index in [-0.39, 0.29) is 0 Å². The van der Waals surface area contributed by atoms with Crippen LogP contribution in [0.5, 0.6) is 5.75 Å². The van der Waals surface area contributed by atoms with Crippen LogP contribution in [0, 0.1) is 6.92 Å². The van der Waals surface area contributed by atoms with Gasteiger partial charge in [-0.05, 0) is 19.1 Å².